The average molecular weight is 507 g/mol. The standard InChI is InChI=1S/C29H35ClN4O2/c1-5-14-33(29(36)31-24-13-8-21(4)25(30)18-24)19-27(35)34-17-16-32-15-6-7-26(32)28(34)23-11-9-22(10-12-23)20(2)3/h6-13,15,18,20,28H,5,14,16-17,19H2,1-4H3,(H,31,36). The Morgan fingerprint density at radius 3 is 2.53 bits per heavy atom. The Balaban J connectivity index is 1.55. The number of rotatable bonds is 7. The third kappa shape index (κ3) is 5.59. The number of fused-ring (bicyclic) bond motifs is 1. The fourth-order valence-corrected chi connectivity index (χ4v) is 4.90. The highest BCUT2D eigenvalue weighted by Crippen LogP contribution is 2.33. The van der Waals surface area contributed by atoms with Crippen molar-refractivity contribution in [2.75, 3.05) is 25.0 Å². The molecule has 7 heteroatoms. The van der Waals surface area contributed by atoms with Crippen LogP contribution in [0, 0.1) is 6.92 Å². The molecule has 0 saturated carbocycles. The highest BCUT2D eigenvalue weighted by Gasteiger charge is 2.33. The molecule has 1 aliphatic heterocycles. The van der Waals surface area contributed by atoms with Crippen LogP contribution in [-0.4, -0.2) is 45.9 Å². The molecule has 1 aromatic heterocycles. The monoisotopic (exact) mass is 506 g/mol. The van der Waals surface area contributed by atoms with Crippen molar-refractivity contribution in [2.45, 2.75) is 52.6 Å². The van der Waals surface area contributed by atoms with E-state index in [-0.39, 0.29) is 24.5 Å². The van der Waals surface area contributed by atoms with Gasteiger partial charge in [-0.15, -0.1) is 0 Å². The molecule has 0 radical (unpaired) electrons. The van der Waals surface area contributed by atoms with Gasteiger partial charge in [0.1, 0.15) is 6.54 Å². The van der Waals surface area contributed by atoms with Gasteiger partial charge in [0.2, 0.25) is 5.91 Å². The van der Waals surface area contributed by atoms with Crippen molar-refractivity contribution in [1.82, 2.24) is 14.4 Å². The van der Waals surface area contributed by atoms with E-state index in [0.717, 1.165) is 29.8 Å². The van der Waals surface area contributed by atoms with E-state index in [2.05, 4.69) is 60.3 Å². The van der Waals surface area contributed by atoms with Crippen LogP contribution >= 0.6 is 11.6 Å². The molecule has 0 saturated heterocycles. The normalized spacial score (nSPS) is 15.1. The number of carbonyl (C=O) groups excluding carboxylic acids is 2. The summed E-state index contributed by atoms with van der Waals surface area (Å²) in [6, 6.07) is 17.6. The summed E-state index contributed by atoms with van der Waals surface area (Å²) in [5.41, 5.74) is 4.99. The highest BCUT2D eigenvalue weighted by atomic mass is 35.5. The molecule has 4 rings (SSSR count). The molecule has 3 amide bonds. The first-order valence-corrected chi connectivity index (χ1v) is 13.0. The van der Waals surface area contributed by atoms with Crippen molar-refractivity contribution in [2.24, 2.45) is 0 Å². The largest absolute Gasteiger partial charge is 0.348 e. The Hall–Kier alpha value is -3.25. The molecule has 36 heavy (non-hydrogen) atoms. The molecule has 0 spiro atoms. The van der Waals surface area contributed by atoms with E-state index in [1.165, 1.54) is 5.56 Å². The van der Waals surface area contributed by atoms with Crippen LogP contribution in [0.5, 0.6) is 0 Å². The minimum absolute atomic E-state index is 0.0144. The fraction of sp³-hybridized carbons (Fsp3) is 0.379. The number of nitrogens with one attached hydrogen (secondary N) is 1. The summed E-state index contributed by atoms with van der Waals surface area (Å²) in [4.78, 5) is 30.3. The van der Waals surface area contributed by atoms with E-state index in [4.69, 9.17) is 11.6 Å². The second-order valence-electron chi connectivity index (χ2n) is 9.75. The summed E-state index contributed by atoms with van der Waals surface area (Å²) in [7, 11) is 0. The van der Waals surface area contributed by atoms with Crippen LogP contribution in [0.25, 0.3) is 0 Å². The zero-order valence-electron chi connectivity index (χ0n) is 21.5. The van der Waals surface area contributed by atoms with Crippen molar-refractivity contribution in [1.29, 1.82) is 0 Å². The van der Waals surface area contributed by atoms with Crippen molar-refractivity contribution < 1.29 is 9.59 Å². The topological polar surface area (TPSA) is 57.6 Å². The number of aromatic nitrogens is 1. The quantitative estimate of drug-likeness (QED) is 0.400. The van der Waals surface area contributed by atoms with Crippen LogP contribution < -0.4 is 5.32 Å². The van der Waals surface area contributed by atoms with Gasteiger partial charge in [0, 0.05) is 42.2 Å². The smallest absolute Gasteiger partial charge is 0.322 e. The summed E-state index contributed by atoms with van der Waals surface area (Å²) in [5, 5.41) is 3.49. The number of hydrogen-bond acceptors (Lipinski definition) is 2. The number of carbonyl (C=O) groups is 2. The minimum Gasteiger partial charge on any atom is -0.348 e. The SMILES string of the molecule is CCCN(CC(=O)N1CCn2cccc2C1c1ccc(C(C)C)cc1)C(=O)Nc1ccc(C)c(Cl)c1. The van der Waals surface area contributed by atoms with Crippen LogP contribution in [-0.2, 0) is 11.3 Å². The van der Waals surface area contributed by atoms with E-state index in [0.29, 0.717) is 29.7 Å². The average Bonchev–Trinajstić information content (AvgIpc) is 3.34. The van der Waals surface area contributed by atoms with Gasteiger partial charge in [0.05, 0.1) is 6.04 Å². The van der Waals surface area contributed by atoms with Gasteiger partial charge < -0.3 is 19.7 Å². The van der Waals surface area contributed by atoms with Crippen molar-refractivity contribution in [3.8, 4) is 0 Å². The van der Waals surface area contributed by atoms with Crippen molar-refractivity contribution in [3.63, 3.8) is 0 Å². The first-order chi connectivity index (χ1) is 17.3. The van der Waals surface area contributed by atoms with Gasteiger partial charge >= 0.3 is 6.03 Å². The second-order valence-corrected chi connectivity index (χ2v) is 10.2. The molecule has 0 aliphatic carbocycles. The second kappa shape index (κ2) is 11.2. The van der Waals surface area contributed by atoms with Gasteiger partial charge in [-0.1, -0.05) is 62.7 Å². The Bertz CT molecular complexity index is 1220. The minimum atomic E-state index is -0.302. The maximum Gasteiger partial charge on any atom is 0.322 e. The molecule has 1 unspecified atom stereocenters. The highest BCUT2D eigenvalue weighted by molar-refractivity contribution is 6.31. The molecule has 2 aromatic carbocycles. The number of amides is 3. The van der Waals surface area contributed by atoms with Crippen molar-refractivity contribution >= 4 is 29.2 Å². The first-order valence-electron chi connectivity index (χ1n) is 12.6. The number of urea groups is 1. The molecule has 1 aliphatic rings. The zero-order valence-corrected chi connectivity index (χ0v) is 22.3. The van der Waals surface area contributed by atoms with E-state index in [1.54, 1.807) is 11.0 Å². The van der Waals surface area contributed by atoms with Crippen LogP contribution in [0.1, 0.15) is 61.5 Å². The fourth-order valence-electron chi connectivity index (χ4n) is 4.72. The molecule has 1 N–H and O–H groups in total. The Labute approximate surface area is 218 Å². The maximum atomic E-state index is 13.7. The molecule has 0 fully saturated rings. The summed E-state index contributed by atoms with van der Waals surface area (Å²) in [6.45, 7) is 10.1. The molecule has 1 atom stereocenters. The number of anilines is 1. The zero-order chi connectivity index (χ0) is 25.8. The van der Waals surface area contributed by atoms with Crippen LogP contribution in [0.15, 0.2) is 60.8 Å². The van der Waals surface area contributed by atoms with E-state index >= 15 is 0 Å². The Kier molecular flexibility index (Phi) is 8.04. The van der Waals surface area contributed by atoms with Crippen molar-refractivity contribution in [3.05, 3.63) is 88.2 Å². The molecule has 2 heterocycles. The number of hydrogen-bond donors (Lipinski definition) is 1. The summed E-state index contributed by atoms with van der Waals surface area (Å²) in [5.74, 6) is 0.377. The number of benzene rings is 2. The number of halogens is 1. The predicted octanol–water partition coefficient (Wildman–Crippen LogP) is 6.45. The van der Waals surface area contributed by atoms with Crippen LogP contribution in [0.4, 0.5) is 10.5 Å². The predicted molar refractivity (Wildman–Crippen MR) is 146 cm³/mol. The molecule has 0 bridgehead atoms. The lowest BCUT2D eigenvalue weighted by molar-refractivity contribution is -0.134. The van der Waals surface area contributed by atoms with E-state index in [9.17, 15) is 9.59 Å². The summed E-state index contributed by atoms with van der Waals surface area (Å²) in [6.07, 6.45) is 2.81. The number of aryl methyl sites for hydroxylation is 1. The van der Waals surface area contributed by atoms with Crippen LogP contribution in [0.3, 0.4) is 0 Å². The Morgan fingerprint density at radius 2 is 1.86 bits per heavy atom. The van der Waals surface area contributed by atoms with Gasteiger partial charge in [-0.2, -0.15) is 0 Å². The molecule has 6 nitrogen and oxygen atoms in total. The van der Waals surface area contributed by atoms with Gasteiger partial charge in [-0.05, 0) is 60.2 Å². The van der Waals surface area contributed by atoms with E-state index in [1.807, 2.05) is 36.9 Å². The Morgan fingerprint density at radius 1 is 1.11 bits per heavy atom. The molecule has 190 valence electrons. The van der Waals surface area contributed by atoms with Gasteiger partial charge in [-0.25, -0.2) is 4.79 Å². The molecular weight excluding hydrogens is 472 g/mol. The lowest BCUT2D eigenvalue weighted by atomic mass is 9.95. The van der Waals surface area contributed by atoms with Crippen LogP contribution in [0.2, 0.25) is 5.02 Å². The number of nitrogens with zero attached hydrogens (tertiary/aromatic N) is 3. The first kappa shape index (κ1) is 25.8. The van der Waals surface area contributed by atoms with Gasteiger partial charge in [0.25, 0.3) is 0 Å². The summed E-state index contributed by atoms with van der Waals surface area (Å²) >= 11 is 6.23. The third-order valence-corrected chi connectivity index (χ3v) is 7.21. The third-order valence-electron chi connectivity index (χ3n) is 6.81. The molecular formula is C29H35ClN4O2. The molecule has 3 aromatic rings. The van der Waals surface area contributed by atoms with Gasteiger partial charge in [0.15, 0.2) is 0 Å². The van der Waals surface area contributed by atoms with Gasteiger partial charge in [-0.3, -0.25) is 4.79 Å². The summed E-state index contributed by atoms with van der Waals surface area (Å²) < 4.78 is 2.21. The lowest BCUT2D eigenvalue weighted by Gasteiger charge is -2.38. The van der Waals surface area contributed by atoms with E-state index < -0.39 is 0 Å². The lowest BCUT2D eigenvalue weighted by Crippen LogP contribution is -2.48. The maximum absolute atomic E-state index is 13.7.